The van der Waals surface area contributed by atoms with Crippen molar-refractivity contribution < 1.29 is 0 Å². The molecule has 3 atom stereocenters. The molecule has 1 saturated carbocycles. The zero-order chi connectivity index (χ0) is 16.6. The van der Waals surface area contributed by atoms with E-state index in [1.807, 2.05) is 12.3 Å². The van der Waals surface area contributed by atoms with Crippen molar-refractivity contribution in [2.24, 2.45) is 11.8 Å². The van der Waals surface area contributed by atoms with E-state index in [0.29, 0.717) is 6.04 Å². The number of hydrogen-bond acceptors (Lipinski definition) is 3. The van der Waals surface area contributed by atoms with Crippen molar-refractivity contribution in [2.45, 2.75) is 38.3 Å². The highest BCUT2D eigenvalue weighted by Gasteiger charge is 2.40. The summed E-state index contributed by atoms with van der Waals surface area (Å²) < 4.78 is 0. The number of pyridine rings is 1. The van der Waals surface area contributed by atoms with Gasteiger partial charge in [0.2, 0.25) is 0 Å². The molecule has 2 bridgehead atoms. The van der Waals surface area contributed by atoms with Crippen molar-refractivity contribution in [3.63, 3.8) is 0 Å². The predicted octanol–water partition coefficient (Wildman–Crippen LogP) is 3.80. The van der Waals surface area contributed by atoms with Crippen LogP contribution >= 0.6 is 0 Å². The van der Waals surface area contributed by atoms with Crippen LogP contribution < -0.4 is 0 Å². The monoisotopic (exact) mass is 332 g/mol. The van der Waals surface area contributed by atoms with Crippen LogP contribution in [0, 0.1) is 11.8 Å². The number of fused-ring (bicyclic) bond motifs is 4. The highest BCUT2D eigenvalue weighted by Crippen LogP contribution is 2.41. The lowest BCUT2D eigenvalue weighted by Crippen LogP contribution is -2.52. The number of imidazole rings is 1. The lowest BCUT2D eigenvalue weighted by atomic mass is 9.70. The summed E-state index contributed by atoms with van der Waals surface area (Å²) in [6.07, 6.45) is 7.11. The second-order valence-electron chi connectivity index (χ2n) is 7.66. The fraction of sp³-hybridized carbons (Fsp3) is 0.429. The average Bonchev–Trinajstić information content (AvgIpc) is 3.06. The molecule has 3 fully saturated rings. The highest BCUT2D eigenvalue weighted by molar-refractivity contribution is 5.69. The Morgan fingerprint density at radius 1 is 1.08 bits per heavy atom. The molecule has 3 aliphatic rings. The molecule has 4 nitrogen and oxygen atoms in total. The first-order valence-electron chi connectivity index (χ1n) is 9.43. The van der Waals surface area contributed by atoms with Gasteiger partial charge in [0.05, 0.1) is 12.1 Å². The molecule has 25 heavy (non-hydrogen) atoms. The van der Waals surface area contributed by atoms with Gasteiger partial charge < -0.3 is 4.98 Å². The molecule has 3 aromatic rings. The summed E-state index contributed by atoms with van der Waals surface area (Å²) in [6, 6.07) is 15.7. The maximum atomic E-state index is 4.67. The van der Waals surface area contributed by atoms with E-state index in [1.165, 1.54) is 37.8 Å². The van der Waals surface area contributed by atoms with Crippen molar-refractivity contribution >= 4 is 11.2 Å². The Bertz CT molecular complexity index is 823. The predicted molar refractivity (Wildman–Crippen MR) is 99.1 cm³/mol. The number of nitrogens with one attached hydrogen (secondary N) is 1. The zero-order valence-electron chi connectivity index (χ0n) is 14.4. The molecule has 128 valence electrons. The lowest BCUT2D eigenvalue weighted by Gasteiger charge is -2.49. The van der Waals surface area contributed by atoms with Crippen LogP contribution in [-0.4, -0.2) is 32.4 Å². The molecule has 1 aliphatic carbocycles. The van der Waals surface area contributed by atoms with E-state index in [9.17, 15) is 0 Å². The molecule has 0 spiro atoms. The maximum absolute atomic E-state index is 4.67. The van der Waals surface area contributed by atoms with Crippen LogP contribution in [0.25, 0.3) is 11.2 Å². The fourth-order valence-electron chi connectivity index (χ4n) is 4.85. The van der Waals surface area contributed by atoms with Gasteiger partial charge in [-0.15, -0.1) is 0 Å². The minimum atomic E-state index is 0.708. The standard InChI is InChI=1S/C21H24N4/c1-2-5-15(6-3-1)11-17-12-18-9-8-16(17)13-25(18)14-20-23-19-7-4-10-22-21(19)24-20/h1-7,10,16-18H,8-9,11-14H2,(H,22,23,24). The Morgan fingerprint density at radius 3 is 2.80 bits per heavy atom. The van der Waals surface area contributed by atoms with E-state index >= 15 is 0 Å². The normalized spacial score (nSPS) is 26.3. The van der Waals surface area contributed by atoms with Gasteiger partial charge in [0.15, 0.2) is 5.65 Å². The second kappa shape index (κ2) is 6.26. The Kier molecular flexibility index (Phi) is 3.78. The second-order valence-corrected chi connectivity index (χ2v) is 7.66. The summed E-state index contributed by atoms with van der Waals surface area (Å²) in [4.78, 5) is 15.1. The van der Waals surface area contributed by atoms with Gasteiger partial charge in [0, 0.05) is 18.8 Å². The van der Waals surface area contributed by atoms with Crippen molar-refractivity contribution in [1.82, 2.24) is 19.9 Å². The smallest absolute Gasteiger partial charge is 0.177 e. The number of hydrogen-bond donors (Lipinski definition) is 1. The molecular formula is C21H24N4. The van der Waals surface area contributed by atoms with Gasteiger partial charge in [-0.3, -0.25) is 4.90 Å². The van der Waals surface area contributed by atoms with Crippen molar-refractivity contribution in [3.8, 4) is 0 Å². The van der Waals surface area contributed by atoms with Gasteiger partial charge in [0.25, 0.3) is 0 Å². The van der Waals surface area contributed by atoms with E-state index < -0.39 is 0 Å². The molecule has 4 heteroatoms. The number of benzene rings is 1. The number of nitrogens with zero attached hydrogens (tertiary/aromatic N) is 3. The van der Waals surface area contributed by atoms with E-state index in [2.05, 4.69) is 56.3 Å². The third-order valence-corrected chi connectivity index (χ3v) is 6.10. The lowest BCUT2D eigenvalue weighted by molar-refractivity contribution is -0.00136. The van der Waals surface area contributed by atoms with Crippen LogP contribution in [0.5, 0.6) is 0 Å². The first kappa shape index (κ1) is 15.1. The number of piperidine rings is 2. The average molecular weight is 332 g/mol. The molecule has 4 heterocycles. The number of rotatable bonds is 4. The van der Waals surface area contributed by atoms with Gasteiger partial charge in [0.1, 0.15) is 5.82 Å². The van der Waals surface area contributed by atoms with Crippen LogP contribution in [-0.2, 0) is 13.0 Å². The molecule has 3 unspecified atom stereocenters. The SMILES string of the molecule is c1ccc(CC2CC3CCC2CN3Cc2nc3ncccc3[nH]2)cc1. The molecule has 0 radical (unpaired) electrons. The van der Waals surface area contributed by atoms with Crippen LogP contribution in [0.15, 0.2) is 48.7 Å². The first-order chi connectivity index (χ1) is 12.3. The molecule has 2 saturated heterocycles. The van der Waals surface area contributed by atoms with Gasteiger partial charge >= 0.3 is 0 Å². The van der Waals surface area contributed by atoms with E-state index in [1.54, 1.807) is 0 Å². The molecule has 1 N–H and O–H groups in total. The van der Waals surface area contributed by atoms with Crippen molar-refractivity contribution in [1.29, 1.82) is 0 Å². The van der Waals surface area contributed by atoms with Gasteiger partial charge in [-0.25, -0.2) is 9.97 Å². The number of aromatic nitrogens is 3. The molecule has 1 aromatic carbocycles. The summed E-state index contributed by atoms with van der Waals surface area (Å²) in [7, 11) is 0. The molecule has 2 aliphatic heterocycles. The summed E-state index contributed by atoms with van der Waals surface area (Å²) in [5.41, 5.74) is 3.37. The third-order valence-electron chi connectivity index (χ3n) is 6.10. The van der Waals surface area contributed by atoms with Crippen LogP contribution in [0.3, 0.4) is 0 Å². The van der Waals surface area contributed by atoms with Gasteiger partial charge in [-0.05, 0) is 55.2 Å². The third kappa shape index (κ3) is 2.95. The Balaban J connectivity index is 1.28. The summed E-state index contributed by atoms with van der Waals surface area (Å²) in [5, 5.41) is 0. The van der Waals surface area contributed by atoms with Gasteiger partial charge in [-0.1, -0.05) is 30.3 Å². The highest BCUT2D eigenvalue weighted by atomic mass is 15.2. The minimum Gasteiger partial charge on any atom is -0.340 e. The molecule has 6 rings (SSSR count). The van der Waals surface area contributed by atoms with Crippen molar-refractivity contribution in [2.75, 3.05) is 6.54 Å². The van der Waals surface area contributed by atoms with Crippen LogP contribution in [0.1, 0.15) is 30.7 Å². The van der Waals surface area contributed by atoms with Gasteiger partial charge in [-0.2, -0.15) is 0 Å². The van der Waals surface area contributed by atoms with E-state index in [-0.39, 0.29) is 0 Å². The summed E-state index contributed by atoms with van der Waals surface area (Å²) in [6.45, 7) is 2.14. The molecular weight excluding hydrogens is 308 g/mol. The first-order valence-corrected chi connectivity index (χ1v) is 9.43. The fourth-order valence-corrected chi connectivity index (χ4v) is 4.85. The molecule has 0 amide bonds. The largest absolute Gasteiger partial charge is 0.340 e. The van der Waals surface area contributed by atoms with E-state index in [4.69, 9.17) is 0 Å². The van der Waals surface area contributed by atoms with E-state index in [0.717, 1.165) is 35.4 Å². The number of H-pyrrole nitrogens is 1. The quantitative estimate of drug-likeness (QED) is 0.790. The maximum Gasteiger partial charge on any atom is 0.177 e. The summed E-state index contributed by atoms with van der Waals surface area (Å²) >= 11 is 0. The topological polar surface area (TPSA) is 44.8 Å². The molecule has 2 aromatic heterocycles. The Morgan fingerprint density at radius 2 is 2.00 bits per heavy atom. The van der Waals surface area contributed by atoms with Crippen molar-refractivity contribution in [3.05, 3.63) is 60.0 Å². The summed E-state index contributed by atoms with van der Waals surface area (Å²) in [5.74, 6) is 2.73. The van der Waals surface area contributed by atoms with Crippen LogP contribution in [0.4, 0.5) is 0 Å². The Hall–Kier alpha value is -2.20. The Labute approximate surface area is 148 Å². The van der Waals surface area contributed by atoms with Crippen LogP contribution in [0.2, 0.25) is 0 Å². The minimum absolute atomic E-state index is 0.708. The number of aromatic amines is 1. The zero-order valence-corrected chi connectivity index (χ0v) is 14.4.